The molecule has 35 heavy (non-hydrogen) atoms. The maximum Gasteiger partial charge on any atom is 0.338 e. The number of carbonyl (C=O) groups is 3. The largest absolute Gasteiger partial charge is 0.462 e. The second kappa shape index (κ2) is 10.7. The van der Waals surface area contributed by atoms with Crippen molar-refractivity contribution in [2.24, 2.45) is 11.8 Å². The van der Waals surface area contributed by atoms with Gasteiger partial charge in [-0.15, -0.1) is 0 Å². The lowest BCUT2D eigenvalue weighted by atomic mass is 9.86. The summed E-state index contributed by atoms with van der Waals surface area (Å²) in [6.45, 7) is 1.80. The Balaban J connectivity index is 1.42. The summed E-state index contributed by atoms with van der Waals surface area (Å²) in [4.78, 5) is 36.9. The van der Waals surface area contributed by atoms with Crippen molar-refractivity contribution in [3.63, 3.8) is 0 Å². The number of hydrogen-bond acceptors (Lipinski definition) is 5. The van der Waals surface area contributed by atoms with E-state index in [4.69, 9.17) is 9.47 Å². The third-order valence-corrected chi connectivity index (χ3v) is 7.10. The average molecular weight is 485 g/mol. The molecule has 1 saturated heterocycles. The topological polar surface area (TPSA) is 69.7 Å². The van der Waals surface area contributed by atoms with Gasteiger partial charge in [-0.1, -0.05) is 55.8 Å². The first-order valence-electron chi connectivity index (χ1n) is 12.3. The van der Waals surface area contributed by atoms with Gasteiger partial charge in [-0.25, -0.2) is 4.79 Å². The zero-order valence-corrected chi connectivity index (χ0v) is 19.8. The molecule has 0 bridgehead atoms. The number of alkyl halides is 2. The van der Waals surface area contributed by atoms with Gasteiger partial charge in [-0.05, 0) is 36.1 Å². The van der Waals surface area contributed by atoms with Crippen molar-refractivity contribution in [1.29, 1.82) is 0 Å². The van der Waals surface area contributed by atoms with Gasteiger partial charge in [0, 0.05) is 31.1 Å². The monoisotopic (exact) mass is 484 g/mol. The van der Waals surface area contributed by atoms with Gasteiger partial charge in [-0.3, -0.25) is 9.59 Å². The smallest absolute Gasteiger partial charge is 0.338 e. The summed E-state index contributed by atoms with van der Waals surface area (Å²) >= 11 is 0. The lowest BCUT2D eigenvalue weighted by molar-refractivity contribution is -0.144. The molecule has 2 aliphatic rings. The summed E-state index contributed by atoms with van der Waals surface area (Å²) in [6.07, 6.45) is -0.347. The summed E-state index contributed by atoms with van der Waals surface area (Å²) in [5.74, 6) is -5.94. The van der Waals surface area contributed by atoms with E-state index in [0.29, 0.717) is 18.4 Å². The van der Waals surface area contributed by atoms with Gasteiger partial charge in [-0.2, -0.15) is 8.78 Å². The minimum atomic E-state index is -3.36. The molecule has 2 aromatic rings. The van der Waals surface area contributed by atoms with E-state index in [1.807, 2.05) is 42.5 Å². The molecule has 0 radical (unpaired) electrons. The van der Waals surface area contributed by atoms with Gasteiger partial charge in [0.25, 0.3) is 0 Å². The molecule has 0 unspecified atom stereocenters. The van der Waals surface area contributed by atoms with E-state index in [0.717, 1.165) is 11.1 Å². The molecule has 1 aliphatic carbocycles. The predicted octanol–water partition coefficient (Wildman–Crippen LogP) is 6.01. The highest BCUT2D eigenvalue weighted by atomic mass is 19.3. The predicted molar refractivity (Wildman–Crippen MR) is 126 cm³/mol. The van der Waals surface area contributed by atoms with Gasteiger partial charge in [0.05, 0.1) is 12.0 Å². The minimum Gasteiger partial charge on any atom is -0.462 e. The molecule has 0 N–H and O–H groups in total. The minimum absolute atomic E-state index is 0.128. The molecule has 1 aliphatic heterocycles. The second-order valence-corrected chi connectivity index (χ2v) is 9.45. The number of Topliss-reactive ketones (excluding diaryl/α,β-unsaturated/α-hetero) is 1. The summed E-state index contributed by atoms with van der Waals surface area (Å²) in [5, 5.41) is 0. The first-order valence-corrected chi connectivity index (χ1v) is 12.3. The zero-order chi connectivity index (χ0) is 25.0. The lowest BCUT2D eigenvalue weighted by Gasteiger charge is -2.24. The molecule has 0 spiro atoms. The number of ether oxygens (including phenoxy) is 2. The Kier molecular flexibility index (Phi) is 7.63. The Labute approximate surface area is 203 Å². The molecule has 1 saturated carbocycles. The molecule has 0 amide bonds. The fourth-order valence-electron chi connectivity index (χ4n) is 5.15. The van der Waals surface area contributed by atoms with Crippen LogP contribution in [0.5, 0.6) is 0 Å². The van der Waals surface area contributed by atoms with Crippen LogP contribution in [-0.2, 0) is 19.1 Å². The highest BCUT2D eigenvalue weighted by Crippen LogP contribution is 2.45. The SMILES string of the molecule is CCCCC(F)(F)C(=O)CC[C@@H]1[C@H]2CC(=O)O[C@H]2C[C@H]1OC(=O)c1ccc(-c2ccccc2)cc1. The van der Waals surface area contributed by atoms with Crippen LogP contribution < -0.4 is 0 Å². The van der Waals surface area contributed by atoms with E-state index in [-0.39, 0.29) is 43.5 Å². The summed E-state index contributed by atoms with van der Waals surface area (Å²) in [6, 6.07) is 16.8. The third kappa shape index (κ3) is 5.77. The number of hydrogen-bond donors (Lipinski definition) is 0. The standard InChI is InChI=1S/C28H30F2O5/c1-2-3-15-28(29,30)25(31)14-13-21-22-16-26(32)34-24(22)17-23(21)35-27(33)20-11-9-19(10-12-20)18-7-5-4-6-8-18/h4-12,21-24H,2-3,13-17H2,1H3/t21-,22-,23-,24+/m1/s1. The number of esters is 2. The normalized spacial score (nSPS) is 23.6. The Bertz CT molecular complexity index is 1050. The summed E-state index contributed by atoms with van der Waals surface area (Å²) < 4.78 is 39.5. The number of ketones is 1. The first-order chi connectivity index (χ1) is 16.8. The summed E-state index contributed by atoms with van der Waals surface area (Å²) in [7, 11) is 0. The van der Waals surface area contributed by atoms with Crippen LogP contribution in [0, 0.1) is 11.8 Å². The number of fused-ring (bicyclic) bond motifs is 1. The van der Waals surface area contributed by atoms with Crippen LogP contribution in [-0.4, -0.2) is 35.9 Å². The molecule has 2 fully saturated rings. The van der Waals surface area contributed by atoms with Crippen molar-refractivity contribution in [3.05, 3.63) is 60.2 Å². The molecule has 2 aromatic carbocycles. The van der Waals surface area contributed by atoms with Crippen LogP contribution in [0.2, 0.25) is 0 Å². The van der Waals surface area contributed by atoms with Crippen molar-refractivity contribution in [3.8, 4) is 11.1 Å². The van der Waals surface area contributed by atoms with E-state index in [1.165, 1.54) is 0 Å². The number of halogens is 2. The molecule has 5 nitrogen and oxygen atoms in total. The lowest BCUT2D eigenvalue weighted by Crippen LogP contribution is -2.31. The van der Waals surface area contributed by atoms with Crippen molar-refractivity contribution in [2.45, 2.75) is 70.0 Å². The van der Waals surface area contributed by atoms with E-state index in [9.17, 15) is 23.2 Å². The second-order valence-electron chi connectivity index (χ2n) is 9.45. The van der Waals surface area contributed by atoms with Gasteiger partial charge in [0.1, 0.15) is 12.2 Å². The van der Waals surface area contributed by atoms with Crippen molar-refractivity contribution in [2.75, 3.05) is 0 Å². The molecular formula is C28H30F2O5. The van der Waals surface area contributed by atoms with Crippen LogP contribution in [0.4, 0.5) is 8.78 Å². The fraction of sp³-hybridized carbons (Fsp3) is 0.464. The van der Waals surface area contributed by atoms with Crippen LogP contribution >= 0.6 is 0 Å². The number of rotatable bonds is 10. The molecule has 186 valence electrons. The number of carbonyl (C=O) groups excluding carboxylic acids is 3. The molecule has 7 heteroatoms. The molecule has 4 rings (SSSR count). The van der Waals surface area contributed by atoms with Gasteiger partial charge >= 0.3 is 17.9 Å². The zero-order valence-electron chi connectivity index (χ0n) is 19.8. The molecule has 0 aromatic heterocycles. The van der Waals surface area contributed by atoms with E-state index >= 15 is 0 Å². The molecule has 1 heterocycles. The summed E-state index contributed by atoms with van der Waals surface area (Å²) in [5.41, 5.74) is 2.36. The van der Waals surface area contributed by atoms with Crippen LogP contribution in [0.1, 0.15) is 62.2 Å². The van der Waals surface area contributed by atoms with Gasteiger partial charge in [0.15, 0.2) is 0 Å². The maximum atomic E-state index is 14.2. The van der Waals surface area contributed by atoms with E-state index in [1.54, 1.807) is 19.1 Å². The Morgan fingerprint density at radius 2 is 1.74 bits per heavy atom. The van der Waals surface area contributed by atoms with Crippen LogP contribution in [0.3, 0.4) is 0 Å². The van der Waals surface area contributed by atoms with Crippen LogP contribution in [0.15, 0.2) is 54.6 Å². The van der Waals surface area contributed by atoms with Gasteiger partial charge < -0.3 is 9.47 Å². The Morgan fingerprint density at radius 3 is 2.43 bits per heavy atom. The van der Waals surface area contributed by atoms with Crippen LogP contribution in [0.25, 0.3) is 11.1 Å². The Morgan fingerprint density at radius 1 is 1.06 bits per heavy atom. The molecular weight excluding hydrogens is 454 g/mol. The number of unbranched alkanes of at least 4 members (excludes halogenated alkanes) is 1. The van der Waals surface area contributed by atoms with Crippen molar-refractivity contribution >= 4 is 17.7 Å². The Hall–Kier alpha value is -3.09. The van der Waals surface area contributed by atoms with Crippen molar-refractivity contribution < 1.29 is 32.6 Å². The molecule has 4 atom stereocenters. The highest BCUT2D eigenvalue weighted by Gasteiger charge is 2.52. The average Bonchev–Trinajstić information content (AvgIpc) is 3.37. The van der Waals surface area contributed by atoms with E-state index < -0.39 is 36.3 Å². The highest BCUT2D eigenvalue weighted by molar-refractivity contribution is 5.90. The van der Waals surface area contributed by atoms with Gasteiger partial charge in [0.2, 0.25) is 5.78 Å². The van der Waals surface area contributed by atoms with Crippen molar-refractivity contribution in [1.82, 2.24) is 0 Å². The number of benzene rings is 2. The van der Waals surface area contributed by atoms with E-state index in [2.05, 4.69) is 0 Å². The third-order valence-electron chi connectivity index (χ3n) is 7.10. The quantitative estimate of drug-likeness (QED) is 0.387. The first kappa shape index (κ1) is 25.0. The fourth-order valence-corrected chi connectivity index (χ4v) is 5.15. The maximum absolute atomic E-state index is 14.2.